The summed E-state index contributed by atoms with van der Waals surface area (Å²) in [6, 6.07) is 9.24. The number of pyridine rings is 2. The topological polar surface area (TPSA) is 7.76 Å². The molecule has 0 N–H and O–H groups in total. The molecule has 12 heteroatoms. The van der Waals surface area contributed by atoms with Gasteiger partial charge in [0.1, 0.15) is 12.4 Å². The molecule has 0 unspecified atom stereocenters. The molecule has 0 aliphatic carbocycles. The van der Waals surface area contributed by atoms with E-state index in [1.165, 1.54) is 24.5 Å². The molecular weight excluding hydrogens is 322 g/mol. The Morgan fingerprint density at radius 2 is 0.864 bits per heavy atom. The Kier molecular flexibility index (Phi) is 8.13. The first kappa shape index (κ1) is 19.9. The van der Waals surface area contributed by atoms with Crippen molar-refractivity contribution in [2.45, 2.75) is 0 Å². The van der Waals surface area contributed by atoms with Crippen molar-refractivity contribution >= 4 is 14.4 Å². The molecule has 0 saturated carbocycles. The SMILES string of the molecule is F[B-](F)(F)F.F[B-](F)(F)[n+]1ccccc1.F[n+]1ccccc1. The fourth-order valence-corrected chi connectivity index (χ4v) is 0.985. The largest absolute Gasteiger partial charge is 0.810 e. The molecule has 22 heavy (non-hydrogen) atoms. The van der Waals surface area contributed by atoms with Gasteiger partial charge >= 0.3 is 14.4 Å². The number of halogens is 8. The van der Waals surface area contributed by atoms with E-state index in [1.807, 2.05) is 0 Å². The van der Waals surface area contributed by atoms with Gasteiger partial charge in [0.15, 0.2) is 0 Å². The third-order valence-corrected chi connectivity index (χ3v) is 1.76. The van der Waals surface area contributed by atoms with Crippen LogP contribution in [-0.4, -0.2) is 14.4 Å². The van der Waals surface area contributed by atoms with E-state index in [0.29, 0.717) is 4.79 Å². The predicted molar refractivity (Wildman–Crippen MR) is 64.4 cm³/mol. The molecule has 0 radical (unpaired) electrons. The zero-order valence-electron chi connectivity index (χ0n) is 10.8. The molecule has 0 aliphatic rings. The maximum Gasteiger partial charge on any atom is 0.810 e. The molecule has 2 heterocycles. The van der Waals surface area contributed by atoms with Gasteiger partial charge in [-0.05, 0) is 12.1 Å². The zero-order valence-corrected chi connectivity index (χ0v) is 10.8. The third kappa shape index (κ3) is 12.9. The number of hydrogen-bond donors (Lipinski definition) is 0. The minimum Gasteiger partial charge on any atom is -0.418 e. The second-order valence-electron chi connectivity index (χ2n) is 3.58. The van der Waals surface area contributed by atoms with E-state index in [9.17, 15) is 34.7 Å². The summed E-state index contributed by atoms with van der Waals surface area (Å²) in [7, 11) is -10.9. The highest BCUT2D eigenvalue weighted by atomic mass is 19.5. The Balaban J connectivity index is 0.000000322. The molecule has 0 saturated heterocycles. The Hall–Kier alpha value is -2.13. The van der Waals surface area contributed by atoms with Gasteiger partial charge in [0.05, 0.1) is 4.48 Å². The lowest BCUT2D eigenvalue weighted by atomic mass is 10.1. The van der Waals surface area contributed by atoms with Crippen LogP contribution in [0.4, 0.5) is 34.7 Å². The maximum atomic E-state index is 11.8. The van der Waals surface area contributed by atoms with Gasteiger partial charge in [-0.1, -0.05) is 12.1 Å². The minimum atomic E-state index is -6.00. The molecule has 122 valence electrons. The fourth-order valence-electron chi connectivity index (χ4n) is 0.985. The summed E-state index contributed by atoms with van der Waals surface area (Å²) >= 11 is 0. The smallest absolute Gasteiger partial charge is 0.418 e. The standard InChI is InChI=1S/C5H5BF3N.C5H5FN.BF4/c7-6(8,9)10-4-2-1-3-5-10;6-7-4-2-1-3-5-7;2-1(3,4)5/h1-5H;1-5H;/q;+1;-1. The highest BCUT2D eigenvalue weighted by Crippen LogP contribution is 2.06. The Morgan fingerprint density at radius 1 is 0.545 bits per heavy atom. The molecule has 0 spiro atoms. The second-order valence-corrected chi connectivity index (χ2v) is 3.58. The van der Waals surface area contributed by atoms with Crippen LogP contribution in [0.2, 0.25) is 0 Å². The average Bonchev–Trinajstić information content (AvgIpc) is 2.38. The van der Waals surface area contributed by atoms with Crippen LogP contribution >= 0.6 is 0 Å². The summed E-state index contributed by atoms with van der Waals surface area (Å²) in [6.07, 6.45) is 4.64. The van der Waals surface area contributed by atoms with Crippen molar-refractivity contribution in [3.05, 3.63) is 61.2 Å². The third-order valence-electron chi connectivity index (χ3n) is 1.76. The van der Waals surface area contributed by atoms with E-state index in [2.05, 4.69) is 0 Å². The lowest BCUT2D eigenvalue weighted by Crippen LogP contribution is -2.54. The molecule has 0 aromatic carbocycles. The van der Waals surface area contributed by atoms with E-state index in [1.54, 1.807) is 24.3 Å². The van der Waals surface area contributed by atoms with E-state index < -0.39 is 14.4 Å². The summed E-state index contributed by atoms with van der Waals surface area (Å²) in [5.74, 6) is 0. The van der Waals surface area contributed by atoms with Crippen molar-refractivity contribution in [3.63, 3.8) is 0 Å². The van der Waals surface area contributed by atoms with Crippen molar-refractivity contribution in [1.29, 1.82) is 0 Å². The lowest BCUT2D eigenvalue weighted by molar-refractivity contribution is -0.843. The first-order chi connectivity index (χ1) is 10.00. The van der Waals surface area contributed by atoms with Gasteiger partial charge in [-0.25, -0.2) is 0 Å². The van der Waals surface area contributed by atoms with Crippen molar-refractivity contribution < 1.29 is 44.0 Å². The summed E-state index contributed by atoms with van der Waals surface area (Å²) in [5, 5.41) is 0. The molecule has 0 aliphatic heterocycles. The molecule has 0 fully saturated rings. The highest BCUT2D eigenvalue weighted by Gasteiger charge is 2.39. The Labute approximate surface area is 120 Å². The van der Waals surface area contributed by atoms with E-state index in [0.717, 1.165) is 12.4 Å². The molecule has 2 aromatic rings. The highest BCUT2D eigenvalue weighted by molar-refractivity contribution is 6.50. The van der Waals surface area contributed by atoms with Gasteiger partial charge in [0, 0.05) is 16.9 Å². The van der Waals surface area contributed by atoms with Crippen LogP contribution < -0.4 is 9.27 Å². The fraction of sp³-hybridized carbons (Fsp3) is 0. The van der Waals surface area contributed by atoms with Gasteiger partial charge in [-0.3, -0.25) is 0 Å². The van der Waals surface area contributed by atoms with Gasteiger partial charge in [0.2, 0.25) is 12.4 Å². The average molecular weight is 332 g/mol. The second kappa shape index (κ2) is 9.00. The van der Waals surface area contributed by atoms with Crippen molar-refractivity contribution in [2.24, 2.45) is 0 Å². The molecule has 0 atom stereocenters. The number of nitrogens with zero attached hydrogens (tertiary/aromatic N) is 2. The van der Waals surface area contributed by atoms with Crippen LogP contribution in [0.1, 0.15) is 0 Å². The molecule has 2 nitrogen and oxygen atoms in total. The summed E-state index contributed by atoms with van der Waals surface area (Å²) in [5.41, 5.74) is 0. The predicted octanol–water partition coefficient (Wildman–Crippen LogP) is 3.17. The molecule has 0 amide bonds. The van der Waals surface area contributed by atoms with Crippen molar-refractivity contribution in [3.8, 4) is 0 Å². The quantitative estimate of drug-likeness (QED) is 0.560. The van der Waals surface area contributed by atoms with Crippen LogP contribution in [0.5, 0.6) is 0 Å². The van der Waals surface area contributed by atoms with Crippen LogP contribution in [0.25, 0.3) is 0 Å². The first-order valence-electron chi connectivity index (χ1n) is 5.65. The maximum absolute atomic E-state index is 11.8. The molecule has 0 bridgehead atoms. The lowest BCUT2D eigenvalue weighted by Gasteiger charge is -2.05. The summed E-state index contributed by atoms with van der Waals surface area (Å²) in [6.45, 7) is 0. The van der Waals surface area contributed by atoms with Crippen LogP contribution in [0.3, 0.4) is 0 Å². The minimum absolute atomic E-state index is 0.250. The van der Waals surface area contributed by atoms with E-state index in [-0.39, 0.29) is 4.48 Å². The molecule has 2 aromatic heterocycles. The van der Waals surface area contributed by atoms with Gasteiger partial charge < -0.3 is 34.7 Å². The van der Waals surface area contributed by atoms with Crippen molar-refractivity contribution in [1.82, 2.24) is 0 Å². The van der Waals surface area contributed by atoms with Crippen LogP contribution in [0.15, 0.2) is 61.2 Å². The van der Waals surface area contributed by atoms with E-state index in [4.69, 9.17) is 0 Å². The van der Waals surface area contributed by atoms with Gasteiger partial charge in [0.25, 0.3) is 0 Å². The number of aromatic nitrogens is 2. The Bertz CT molecular complexity index is 512. The summed E-state index contributed by atoms with van der Waals surface area (Å²) in [4.78, 5) is 0.500. The van der Waals surface area contributed by atoms with Gasteiger partial charge in [-0.2, -0.15) is 0 Å². The number of rotatable bonds is 1. The van der Waals surface area contributed by atoms with Gasteiger partial charge in [-0.15, -0.1) is 0 Å². The van der Waals surface area contributed by atoms with E-state index >= 15 is 0 Å². The zero-order chi connectivity index (χ0) is 17.2. The number of hydrogen-bond acceptors (Lipinski definition) is 0. The summed E-state index contributed by atoms with van der Waals surface area (Å²) < 4.78 is 86.5. The normalized spacial score (nSPS) is 10.7. The van der Waals surface area contributed by atoms with Crippen LogP contribution in [0, 0.1) is 0 Å². The van der Waals surface area contributed by atoms with Crippen LogP contribution in [-0.2, 0) is 0 Å². The van der Waals surface area contributed by atoms with Crippen molar-refractivity contribution in [2.75, 3.05) is 0 Å². The Morgan fingerprint density at radius 3 is 1.05 bits per heavy atom. The molecule has 2 rings (SSSR count). The first-order valence-corrected chi connectivity index (χ1v) is 5.65. The monoisotopic (exact) mass is 332 g/mol. The molecular formula is C10H10B2F8N2.